The molecule has 2 fully saturated rings. The second-order valence-corrected chi connectivity index (χ2v) is 6.57. The molecule has 1 aliphatic carbocycles. The quantitative estimate of drug-likeness (QED) is 0.860. The van der Waals surface area contributed by atoms with Crippen molar-refractivity contribution in [2.24, 2.45) is 0 Å². The van der Waals surface area contributed by atoms with E-state index in [1.807, 2.05) is 17.7 Å². The molecule has 0 spiro atoms. The maximum absolute atomic E-state index is 12.4. The molecule has 1 saturated carbocycles. The highest BCUT2D eigenvalue weighted by Gasteiger charge is 2.30. The van der Waals surface area contributed by atoms with Gasteiger partial charge in [-0.05, 0) is 39.0 Å². The van der Waals surface area contributed by atoms with Gasteiger partial charge in [0.05, 0.1) is 6.54 Å². The van der Waals surface area contributed by atoms with Gasteiger partial charge in [0, 0.05) is 37.9 Å². The molecular formula is C17H26N4O3. The number of likely N-dealkylation sites (tertiary alicyclic amines) is 1. The number of carbonyl (C=O) groups is 2. The van der Waals surface area contributed by atoms with E-state index in [1.54, 1.807) is 12.0 Å². The lowest BCUT2D eigenvalue weighted by atomic mass is 10.2. The Morgan fingerprint density at radius 3 is 2.83 bits per heavy atom. The summed E-state index contributed by atoms with van der Waals surface area (Å²) in [5.74, 6) is 0.859. The molecule has 1 aliphatic heterocycles. The molecule has 0 bridgehead atoms. The van der Waals surface area contributed by atoms with E-state index >= 15 is 0 Å². The lowest BCUT2D eigenvalue weighted by Crippen LogP contribution is -2.43. The van der Waals surface area contributed by atoms with Gasteiger partial charge >= 0.3 is 0 Å². The molecule has 2 heterocycles. The third kappa shape index (κ3) is 3.77. The van der Waals surface area contributed by atoms with E-state index < -0.39 is 6.10 Å². The molecule has 1 aromatic rings. The molecule has 1 aromatic heterocycles. The zero-order valence-electron chi connectivity index (χ0n) is 14.5. The van der Waals surface area contributed by atoms with Crippen molar-refractivity contribution in [1.82, 2.24) is 14.7 Å². The third-order valence-corrected chi connectivity index (χ3v) is 4.72. The Balaban J connectivity index is 1.61. The number of methoxy groups -OCH3 is 1. The highest BCUT2D eigenvalue weighted by atomic mass is 16.5. The van der Waals surface area contributed by atoms with E-state index in [2.05, 4.69) is 10.4 Å². The van der Waals surface area contributed by atoms with Crippen LogP contribution < -0.4 is 5.32 Å². The van der Waals surface area contributed by atoms with Crippen molar-refractivity contribution in [3.8, 4) is 0 Å². The molecule has 2 aliphatic rings. The second-order valence-electron chi connectivity index (χ2n) is 6.57. The number of amides is 2. The standard InChI is InChI=1S/C17H26N4O3/c1-3-21-13(12-7-8-12)10-15(19-21)18-16(22)11-20-9-5-4-6-14(24-2)17(20)23/h10,12,14H,3-9,11H2,1-2H3,(H,18,19,22). The van der Waals surface area contributed by atoms with Crippen LogP contribution >= 0.6 is 0 Å². The van der Waals surface area contributed by atoms with Crippen molar-refractivity contribution >= 4 is 17.6 Å². The van der Waals surface area contributed by atoms with Crippen LogP contribution in [0.4, 0.5) is 5.82 Å². The highest BCUT2D eigenvalue weighted by molar-refractivity contribution is 5.94. The first-order valence-electron chi connectivity index (χ1n) is 8.81. The highest BCUT2D eigenvalue weighted by Crippen LogP contribution is 2.40. The van der Waals surface area contributed by atoms with Gasteiger partial charge in [-0.15, -0.1) is 0 Å². The number of hydrogen-bond donors (Lipinski definition) is 1. The zero-order chi connectivity index (χ0) is 17.1. The van der Waals surface area contributed by atoms with Crippen molar-refractivity contribution in [3.05, 3.63) is 11.8 Å². The fraction of sp³-hybridized carbons (Fsp3) is 0.706. The van der Waals surface area contributed by atoms with Crippen LogP contribution in [0.2, 0.25) is 0 Å². The summed E-state index contributed by atoms with van der Waals surface area (Å²) in [5.41, 5.74) is 1.19. The number of nitrogens with one attached hydrogen (secondary N) is 1. The Morgan fingerprint density at radius 1 is 1.38 bits per heavy atom. The van der Waals surface area contributed by atoms with E-state index in [-0.39, 0.29) is 18.4 Å². The predicted molar refractivity (Wildman–Crippen MR) is 89.7 cm³/mol. The van der Waals surface area contributed by atoms with Gasteiger partial charge in [-0.1, -0.05) is 0 Å². The first-order chi connectivity index (χ1) is 11.6. The van der Waals surface area contributed by atoms with Gasteiger partial charge in [-0.2, -0.15) is 5.10 Å². The number of aryl methyl sites for hydroxylation is 1. The van der Waals surface area contributed by atoms with Crippen molar-refractivity contribution in [3.63, 3.8) is 0 Å². The van der Waals surface area contributed by atoms with E-state index in [1.165, 1.54) is 18.5 Å². The minimum Gasteiger partial charge on any atom is -0.372 e. The molecule has 1 N–H and O–H groups in total. The van der Waals surface area contributed by atoms with Crippen molar-refractivity contribution < 1.29 is 14.3 Å². The SMILES string of the molecule is CCn1nc(NC(=O)CN2CCCCC(OC)C2=O)cc1C1CC1. The Labute approximate surface area is 142 Å². The minimum absolute atomic E-state index is 0.0520. The molecular weight excluding hydrogens is 308 g/mol. The van der Waals surface area contributed by atoms with Crippen molar-refractivity contribution in [2.75, 3.05) is 25.5 Å². The zero-order valence-corrected chi connectivity index (χ0v) is 14.5. The monoisotopic (exact) mass is 334 g/mol. The van der Waals surface area contributed by atoms with Gasteiger partial charge in [0.2, 0.25) is 5.91 Å². The van der Waals surface area contributed by atoms with Gasteiger partial charge in [-0.3, -0.25) is 14.3 Å². The normalized spacial score (nSPS) is 21.7. The number of ether oxygens (including phenoxy) is 1. The number of anilines is 1. The molecule has 2 amide bonds. The predicted octanol–water partition coefficient (Wildman–Crippen LogP) is 1.75. The summed E-state index contributed by atoms with van der Waals surface area (Å²) in [7, 11) is 1.54. The molecule has 7 nitrogen and oxygen atoms in total. The van der Waals surface area contributed by atoms with Crippen LogP contribution in [0.3, 0.4) is 0 Å². The molecule has 132 valence electrons. The molecule has 24 heavy (non-hydrogen) atoms. The summed E-state index contributed by atoms with van der Waals surface area (Å²) in [6.07, 6.45) is 4.52. The largest absolute Gasteiger partial charge is 0.372 e. The number of hydrogen-bond acceptors (Lipinski definition) is 4. The third-order valence-electron chi connectivity index (χ3n) is 4.72. The van der Waals surface area contributed by atoms with Crippen LogP contribution in [-0.2, 0) is 20.9 Å². The number of carbonyl (C=O) groups excluding carboxylic acids is 2. The fourth-order valence-corrected chi connectivity index (χ4v) is 3.25. The van der Waals surface area contributed by atoms with Gasteiger partial charge < -0.3 is 15.0 Å². The van der Waals surface area contributed by atoms with Gasteiger partial charge in [-0.25, -0.2) is 0 Å². The molecule has 1 unspecified atom stereocenters. The van der Waals surface area contributed by atoms with Crippen LogP contribution in [0.25, 0.3) is 0 Å². The molecule has 7 heteroatoms. The molecule has 0 radical (unpaired) electrons. The summed E-state index contributed by atoms with van der Waals surface area (Å²) in [6.45, 7) is 3.49. The topological polar surface area (TPSA) is 76.5 Å². The molecule has 1 saturated heterocycles. The Kier molecular flexibility index (Phi) is 5.18. The summed E-state index contributed by atoms with van der Waals surface area (Å²) < 4.78 is 7.19. The summed E-state index contributed by atoms with van der Waals surface area (Å²) in [5, 5.41) is 7.28. The second kappa shape index (κ2) is 7.34. The smallest absolute Gasteiger partial charge is 0.252 e. The van der Waals surface area contributed by atoms with Gasteiger partial charge in [0.15, 0.2) is 5.82 Å². The van der Waals surface area contributed by atoms with Crippen molar-refractivity contribution in [1.29, 1.82) is 0 Å². The fourth-order valence-electron chi connectivity index (χ4n) is 3.25. The van der Waals surface area contributed by atoms with Crippen LogP contribution in [0.1, 0.15) is 50.6 Å². The Morgan fingerprint density at radius 2 is 2.17 bits per heavy atom. The summed E-state index contributed by atoms with van der Waals surface area (Å²) in [6, 6.07) is 1.96. The van der Waals surface area contributed by atoms with Crippen LogP contribution in [0.15, 0.2) is 6.07 Å². The van der Waals surface area contributed by atoms with Crippen molar-refractivity contribution in [2.45, 2.75) is 57.6 Å². The average molecular weight is 334 g/mol. The Bertz CT molecular complexity index is 609. The minimum atomic E-state index is -0.430. The number of nitrogens with zero attached hydrogens (tertiary/aromatic N) is 3. The van der Waals surface area contributed by atoms with Gasteiger partial charge in [0.25, 0.3) is 5.91 Å². The number of rotatable bonds is 6. The Hall–Kier alpha value is -1.89. The maximum Gasteiger partial charge on any atom is 0.252 e. The van der Waals surface area contributed by atoms with Crippen LogP contribution in [-0.4, -0.2) is 52.8 Å². The molecule has 3 rings (SSSR count). The van der Waals surface area contributed by atoms with Crippen LogP contribution in [0.5, 0.6) is 0 Å². The average Bonchev–Trinajstić information content (AvgIpc) is 3.35. The lowest BCUT2D eigenvalue weighted by molar-refractivity contribution is -0.143. The first-order valence-corrected chi connectivity index (χ1v) is 8.81. The summed E-state index contributed by atoms with van der Waals surface area (Å²) >= 11 is 0. The van der Waals surface area contributed by atoms with E-state index in [0.717, 1.165) is 25.8 Å². The maximum atomic E-state index is 12.4. The lowest BCUT2D eigenvalue weighted by Gasteiger charge is -2.22. The number of aromatic nitrogens is 2. The molecule has 1 atom stereocenters. The van der Waals surface area contributed by atoms with E-state index in [4.69, 9.17) is 4.74 Å². The van der Waals surface area contributed by atoms with E-state index in [9.17, 15) is 9.59 Å². The van der Waals surface area contributed by atoms with Crippen LogP contribution in [0, 0.1) is 0 Å². The van der Waals surface area contributed by atoms with Gasteiger partial charge in [0.1, 0.15) is 6.10 Å². The summed E-state index contributed by atoms with van der Waals surface area (Å²) in [4.78, 5) is 26.3. The first kappa shape index (κ1) is 17.0. The molecule has 0 aromatic carbocycles. The van der Waals surface area contributed by atoms with E-state index in [0.29, 0.717) is 18.3 Å².